The molecule has 0 aromatic carbocycles. The lowest BCUT2D eigenvalue weighted by molar-refractivity contribution is -0.126. The molecule has 2 saturated heterocycles. The molecule has 2 aliphatic heterocycles. The van der Waals surface area contributed by atoms with Crippen LogP contribution in [0.3, 0.4) is 0 Å². The summed E-state index contributed by atoms with van der Waals surface area (Å²) in [6.45, 7) is 11.5. The van der Waals surface area contributed by atoms with E-state index in [1.54, 1.807) is 4.90 Å². The first kappa shape index (κ1) is 15.5. The molecule has 2 aliphatic rings. The van der Waals surface area contributed by atoms with Gasteiger partial charge in [0.05, 0.1) is 19.3 Å². The molecule has 0 N–H and O–H groups in total. The van der Waals surface area contributed by atoms with E-state index in [0.717, 1.165) is 58.1 Å². The number of hydrogen-bond donors (Lipinski definition) is 0. The average Bonchev–Trinajstić information content (AvgIpc) is 2.43. The standard InChI is InChI=1S/C15H27N3O2/c1-4-13(15(19)16(3)5-2)10-17-6-8-18(9-7-17)14-11-20-12-14/h4,14H,5-12H2,1-3H3/b13-4+. The van der Waals surface area contributed by atoms with Crippen LogP contribution >= 0.6 is 0 Å². The van der Waals surface area contributed by atoms with Gasteiger partial charge in [0.25, 0.3) is 0 Å². The molecule has 0 aromatic heterocycles. The molecule has 2 fully saturated rings. The molecule has 20 heavy (non-hydrogen) atoms. The van der Waals surface area contributed by atoms with Gasteiger partial charge in [0.15, 0.2) is 0 Å². The van der Waals surface area contributed by atoms with Gasteiger partial charge in [-0.1, -0.05) is 6.08 Å². The molecule has 0 atom stereocenters. The fraction of sp³-hybridized carbons (Fsp3) is 0.800. The van der Waals surface area contributed by atoms with Crippen LogP contribution in [0.15, 0.2) is 11.6 Å². The number of hydrogen-bond acceptors (Lipinski definition) is 4. The number of carbonyl (C=O) groups is 1. The first-order valence-corrected chi connectivity index (χ1v) is 7.60. The fourth-order valence-corrected chi connectivity index (χ4v) is 2.63. The molecule has 0 spiro atoms. The summed E-state index contributed by atoms with van der Waals surface area (Å²) in [6, 6.07) is 0.631. The van der Waals surface area contributed by atoms with Crippen molar-refractivity contribution in [1.29, 1.82) is 0 Å². The van der Waals surface area contributed by atoms with Crippen molar-refractivity contribution in [3.8, 4) is 0 Å². The van der Waals surface area contributed by atoms with Gasteiger partial charge in [-0.15, -0.1) is 0 Å². The number of rotatable bonds is 5. The molecule has 0 bridgehead atoms. The third-order valence-corrected chi connectivity index (χ3v) is 4.38. The van der Waals surface area contributed by atoms with Crippen LogP contribution in [0.5, 0.6) is 0 Å². The van der Waals surface area contributed by atoms with Crippen LogP contribution in [0, 0.1) is 0 Å². The molecular formula is C15H27N3O2. The van der Waals surface area contributed by atoms with E-state index >= 15 is 0 Å². The Morgan fingerprint density at radius 3 is 2.40 bits per heavy atom. The van der Waals surface area contributed by atoms with E-state index < -0.39 is 0 Å². The van der Waals surface area contributed by atoms with Gasteiger partial charge in [0.2, 0.25) is 5.91 Å². The van der Waals surface area contributed by atoms with Gasteiger partial charge in [-0.25, -0.2) is 0 Å². The summed E-state index contributed by atoms with van der Waals surface area (Å²) in [5.74, 6) is 0.157. The molecular weight excluding hydrogens is 254 g/mol. The molecule has 2 rings (SSSR count). The van der Waals surface area contributed by atoms with E-state index in [2.05, 4.69) is 9.80 Å². The summed E-state index contributed by atoms with van der Waals surface area (Å²) in [5.41, 5.74) is 0.912. The predicted molar refractivity (Wildman–Crippen MR) is 79.7 cm³/mol. The second-order valence-electron chi connectivity index (χ2n) is 5.64. The quantitative estimate of drug-likeness (QED) is 0.685. The van der Waals surface area contributed by atoms with Gasteiger partial charge in [0.1, 0.15) is 0 Å². The lowest BCUT2D eigenvalue weighted by Gasteiger charge is -2.42. The highest BCUT2D eigenvalue weighted by atomic mass is 16.5. The largest absolute Gasteiger partial charge is 0.378 e. The maximum atomic E-state index is 12.2. The third-order valence-electron chi connectivity index (χ3n) is 4.38. The lowest BCUT2D eigenvalue weighted by Crippen LogP contribution is -2.56. The number of nitrogens with zero attached hydrogens (tertiary/aromatic N) is 3. The summed E-state index contributed by atoms with van der Waals surface area (Å²) >= 11 is 0. The number of amides is 1. The molecule has 0 radical (unpaired) electrons. The van der Waals surface area contributed by atoms with E-state index in [1.807, 2.05) is 27.0 Å². The fourth-order valence-electron chi connectivity index (χ4n) is 2.63. The summed E-state index contributed by atoms with van der Waals surface area (Å²) in [7, 11) is 1.86. The molecule has 0 saturated carbocycles. The normalized spacial score (nSPS) is 22.6. The summed E-state index contributed by atoms with van der Waals surface area (Å²) < 4.78 is 5.25. The Balaban J connectivity index is 1.79. The van der Waals surface area contributed by atoms with Crippen molar-refractivity contribution in [2.75, 3.05) is 59.5 Å². The van der Waals surface area contributed by atoms with E-state index in [4.69, 9.17) is 4.74 Å². The van der Waals surface area contributed by atoms with E-state index in [0.29, 0.717) is 6.04 Å². The van der Waals surface area contributed by atoms with Crippen molar-refractivity contribution >= 4 is 5.91 Å². The zero-order chi connectivity index (χ0) is 14.5. The minimum absolute atomic E-state index is 0.157. The van der Waals surface area contributed by atoms with Crippen molar-refractivity contribution in [2.24, 2.45) is 0 Å². The molecule has 0 aliphatic carbocycles. The molecule has 5 heteroatoms. The van der Waals surface area contributed by atoms with Crippen molar-refractivity contribution in [3.63, 3.8) is 0 Å². The molecule has 1 amide bonds. The molecule has 5 nitrogen and oxygen atoms in total. The van der Waals surface area contributed by atoms with Gasteiger partial charge in [-0.2, -0.15) is 0 Å². The molecule has 0 aromatic rings. The van der Waals surface area contributed by atoms with Crippen LogP contribution in [0.2, 0.25) is 0 Å². The highest BCUT2D eigenvalue weighted by Gasteiger charge is 2.29. The van der Waals surface area contributed by atoms with E-state index in [9.17, 15) is 4.79 Å². The highest BCUT2D eigenvalue weighted by molar-refractivity contribution is 5.93. The van der Waals surface area contributed by atoms with Crippen LogP contribution < -0.4 is 0 Å². The average molecular weight is 281 g/mol. The Morgan fingerprint density at radius 1 is 1.30 bits per heavy atom. The number of allylic oxidation sites excluding steroid dienone is 1. The van der Waals surface area contributed by atoms with Crippen LogP contribution in [0.4, 0.5) is 0 Å². The van der Waals surface area contributed by atoms with E-state index in [1.165, 1.54) is 0 Å². The minimum atomic E-state index is 0.157. The first-order valence-electron chi connectivity index (χ1n) is 7.60. The lowest BCUT2D eigenvalue weighted by atomic mass is 10.1. The number of likely N-dealkylation sites (N-methyl/N-ethyl adjacent to an activating group) is 1. The van der Waals surface area contributed by atoms with Gasteiger partial charge < -0.3 is 9.64 Å². The Morgan fingerprint density at radius 2 is 1.95 bits per heavy atom. The van der Waals surface area contributed by atoms with Gasteiger partial charge in [-0.3, -0.25) is 14.6 Å². The van der Waals surface area contributed by atoms with Crippen molar-refractivity contribution in [1.82, 2.24) is 14.7 Å². The Bertz CT molecular complexity index is 358. The molecule has 2 heterocycles. The van der Waals surface area contributed by atoms with Crippen LogP contribution in [-0.4, -0.2) is 86.2 Å². The smallest absolute Gasteiger partial charge is 0.250 e. The summed E-state index contributed by atoms with van der Waals surface area (Å²) in [4.78, 5) is 18.9. The van der Waals surface area contributed by atoms with Gasteiger partial charge in [-0.05, 0) is 13.8 Å². The summed E-state index contributed by atoms with van der Waals surface area (Å²) in [5, 5.41) is 0. The predicted octanol–water partition coefficient (Wildman–Crippen LogP) is 0.427. The zero-order valence-electron chi connectivity index (χ0n) is 13.0. The number of carbonyl (C=O) groups excluding carboxylic acids is 1. The maximum Gasteiger partial charge on any atom is 0.250 e. The zero-order valence-corrected chi connectivity index (χ0v) is 13.0. The Kier molecular flexibility index (Phi) is 5.57. The SMILES string of the molecule is C/C=C(\CN1CCN(C2COC2)CC1)C(=O)N(C)CC. The Labute approximate surface area is 122 Å². The van der Waals surface area contributed by atoms with Crippen molar-refractivity contribution in [2.45, 2.75) is 19.9 Å². The Hall–Kier alpha value is -0.910. The monoisotopic (exact) mass is 281 g/mol. The molecule has 114 valence electrons. The second kappa shape index (κ2) is 7.20. The minimum Gasteiger partial charge on any atom is -0.378 e. The van der Waals surface area contributed by atoms with Crippen LogP contribution in [0.25, 0.3) is 0 Å². The van der Waals surface area contributed by atoms with E-state index in [-0.39, 0.29) is 5.91 Å². The highest BCUT2D eigenvalue weighted by Crippen LogP contribution is 2.14. The summed E-state index contributed by atoms with van der Waals surface area (Å²) in [6.07, 6.45) is 1.96. The topological polar surface area (TPSA) is 36.0 Å². The first-order chi connectivity index (χ1) is 9.65. The second-order valence-corrected chi connectivity index (χ2v) is 5.64. The van der Waals surface area contributed by atoms with Gasteiger partial charge >= 0.3 is 0 Å². The van der Waals surface area contributed by atoms with Crippen LogP contribution in [-0.2, 0) is 9.53 Å². The van der Waals surface area contributed by atoms with Gasteiger partial charge in [0, 0.05) is 51.9 Å². The maximum absolute atomic E-state index is 12.2. The third kappa shape index (κ3) is 3.59. The van der Waals surface area contributed by atoms with Crippen molar-refractivity contribution < 1.29 is 9.53 Å². The number of piperazine rings is 1. The van der Waals surface area contributed by atoms with Crippen LogP contribution in [0.1, 0.15) is 13.8 Å². The number of ether oxygens (including phenoxy) is 1. The molecule has 0 unspecified atom stereocenters. The van der Waals surface area contributed by atoms with Crippen molar-refractivity contribution in [3.05, 3.63) is 11.6 Å².